The Bertz CT molecular complexity index is 2170. The maximum absolute atomic E-state index is 14.5. The summed E-state index contributed by atoms with van der Waals surface area (Å²) in [7, 11) is 7.17. The molecule has 50 heavy (non-hydrogen) atoms. The minimum absolute atomic E-state index is 0.0143. The third kappa shape index (κ3) is 4.77. The van der Waals surface area contributed by atoms with Crippen LogP contribution in [-0.2, 0) is 30.1 Å². The zero-order valence-electron chi connectivity index (χ0n) is 28.2. The molecule has 14 heteroatoms. The third-order valence-electron chi connectivity index (χ3n) is 9.56. The van der Waals surface area contributed by atoms with Gasteiger partial charge in [-0.1, -0.05) is 0 Å². The number of aromatic hydroxyl groups is 1. The third-order valence-corrected chi connectivity index (χ3v) is 9.56. The Hall–Kier alpha value is -5.02. The van der Waals surface area contributed by atoms with E-state index in [1.165, 1.54) is 53.7 Å². The van der Waals surface area contributed by atoms with Crippen LogP contribution in [0.1, 0.15) is 61.8 Å². The Balaban J connectivity index is 1.51. The van der Waals surface area contributed by atoms with Crippen molar-refractivity contribution in [1.29, 1.82) is 0 Å². The highest BCUT2D eigenvalue weighted by Gasteiger charge is 2.48. The van der Waals surface area contributed by atoms with Gasteiger partial charge in [0.1, 0.15) is 58.2 Å². The van der Waals surface area contributed by atoms with Crippen LogP contribution < -0.4 is 19.6 Å². The largest absolute Gasteiger partial charge is 0.506 e. The first kappa shape index (κ1) is 33.5. The zero-order valence-corrected chi connectivity index (χ0v) is 28.2. The van der Waals surface area contributed by atoms with Gasteiger partial charge in [-0.25, -0.2) is 4.79 Å². The monoisotopic (exact) mass is 690 g/mol. The number of carbonyl (C=O) groups excluding carboxylic acids is 3. The number of methoxy groups -OCH3 is 5. The molecule has 14 nitrogen and oxygen atoms in total. The molecule has 0 amide bonds. The Labute approximate surface area is 284 Å². The Morgan fingerprint density at radius 1 is 0.760 bits per heavy atom. The molecular formula is C36H34O14. The number of ether oxygens (including phenoxy) is 8. The molecule has 2 aliphatic heterocycles. The van der Waals surface area contributed by atoms with E-state index in [0.717, 1.165) is 0 Å². The van der Waals surface area contributed by atoms with Gasteiger partial charge in [-0.05, 0) is 43.7 Å². The molecule has 0 saturated carbocycles. The number of fused-ring (bicyclic) bond motifs is 6. The van der Waals surface area contributed by atoms with E-state index in [0.29, 0.717) is 5.56 Å². The average Bonchev–Trinajstić information content (AvgIpc) is 3.09. The quantitative estimate of drug-likeness (QED) is 0.245. The number of hydrogen-bond donors (Lipinski definition) is 1. The lowest BCUT2D eigenvalue weighted by molar-refractivity contribution is -0.282. The van der Waals surface area contributed by atoms with Gasteiger partial charge in [-0.15, -0.1) is 0 Å². The molecule has 1 N–H and O–H groups in total. The lowest BCUT2D eigenvalue weighted by atomic mass is 9.81. The van der Waals surface area contributed by atoms with Crippen molar-refractivity contribution in [3.05, 3.63) is 68.1 Å². The van der Waals surface area contributed by atoms with Crippen LogP contribution in [0, 0.1) is 0 Å². The molecule has 6 atom stereocenters. The molecule has 0 radical (unpaired) electrons. The fourth-order valence-corrected chi connectivity index (χ4v) is 7.30. The highest BCUT2D eigenvalue weighted by molar-refractivity contribution is 6.33. The molecule has 1 fully saturated rings. The summed E-state index contributed by atoms with van der Waals surface area (Å²) in [4.78, 5) is 56.1. The molecule has 1 aromatic heterocycles. The number of cyclic esters (lactones) is 1. The second kappa shape index (κ2) is 12.4. The number of esters is 1. The van der Waals surface area contributed by atoms with Crippen LogP contribution in [0.25, 0.3) is 21.7 Å². The van der Waals surface area contributed by atoms with E-state index in [2.05, 4.69) is 0 Å². The van der Waals surface area contributed by atoms with Gasteiger partial charge in [-0.3, -0.25) is 14.4 Å². The first-order valence-corrected chi connectivity index (χ1v) is 15.8. The lowest BCUT2D eigenvalue weighted by Gasteiger charge is -2.43. The summed E-state index contributed by atoms with van der Waals surface area (Å²) in [6.07, 6.45) is -3.92. The summed E-state index contributed by atoms with van der Waals surface area (Å²) < 4.78 is 51.9. The van der Waals surface area contributed by atoms with Gasteiger partial charge >= 0.3 is 5.97 Å². The van der Waals surface area contributed by atoms with Crippen LogP contribution in [0.2, 0.25) is 0 Å². The smallest absolute Gasteiger partial charge is 0.342 e. The fraction of sp³-hybridized carbons (Fsp3) is 0.389. The Morgan fingerprint density at radius 3 is 2.10 bits per heavy atom. The van der Waals surface area contributed by atoms with Crippen molar-refractivity contribution in [2.24, 2.45) is 0 Å². The molecule has 3 aromatic carbocycles. The van der Waals surface area contributed by atoms with Crippen molar-refractivity contribution < 1.29 is 61.8 Å². The van der Waals surface area contributed by atoms with Gasteiger partial charge in [0.05, 0.1) is 20.3 Å². The molecule has 0 bridgehead atoms. The highest BCUT2D eigenvalue weighted by atomic mass is 16.7. The van der Waals surface area contributed by atoms with Gasteiger partial charge in [0.15, 0.2) is 17.1 Å². The average molecular weight is 691 g/mol. The van der Waals surface area contributed by atoms with Gasteiger partial charge in [0, 0.05) is 49.6 Å². The minimum Gasteiger partial charge on any atom is -0.506 e. The number of rotatable bonds is 7. The van der Waals surface area contributed by atoms with Crippen LogP contribution in [-0.4, -0.2) is 95.0 Å². The van der Waals surface area contributed by atoms with E-state index in [4.69, 9.17) is 42.3 Å². The van der Waals surface area contributed by atoms with Crippen LogP contribution in [0.5, 0.6) is 23.0 Å². The molecule has 1 saturated heterocycles. The molecule has 1 aliphatic carbocycles. The number of hydrogen-bond acceptors (Lipinski definition) is 14. The first-order valence-electron chi connectivity index (χ1n) is 15.8. The van der Waals surface area contributed by atoms with Crippen molar-refractivity contribution in [2.45, 2.75) is 57.1 Å². The molecule has 3 aliphatic rings. The molecule has 0 spiro atoms. The Kier molecular flexibility index (Phi) is 8.29. The van der Waals surface area contributed by atoms with Crippen molar-refractivity contribution in [3.8, 4) is 23.0 Å². The van der Waals surface area contributed by atoms with Crippen molar-refractivity contribution >= 4 is 39.3 Å². The van der Waals surface area contributed by atoms with E-state index in [9.17, 15) is 24.3 Å². The predicted octanol–water partition coefficient (Wildman–Crippen LogP) is 3.71. The molecule has 7 rings (SSSR count). The summed E-state index contributed by atoms with van der Waals surface area (Å²) in [6.45, 7) is 3.48. The molecule has 262 valence electrons. The maximum atomic E-state index is 14.5. The highest BCUT2D eigenvalue weighted by Crippen LogP contribution is 2.46. The fourth-order valence-electron chi connectivity index (χ4n) is 7.30. The predicted molar refractivity (Wildman–Crippen MR) is 174 cm³/mol. The summed E-state index contributed by atoms with van der Waals surface area (Å²) in [5.74, 6) is -3.50. The molecule has 3 heterocycles. The van der Waals surface area contributed by atoms with Gasteiger partial charge in [0.2, 0.25) is 23.3 Å². The maximum Gasteiger partial charge on any atom is 0.342 e. The normalized spacial score (nSPS) is 24.4. The van der Waals surface area contributed by atoms with Crippen LogP contribution in [0.4, 0.5) is 0 Å². The van der Waals surface area contributed by atoms with Gasteiger partial charge in [0.25, 0.3) is 0 Å². The van der Waals surface area contributed by atoms with E-state index in [1.807, 2.05) is 0 Å². The zero-order chi connectivity index (χ0) is 35.8. The summed E-state index contributed by atoms with van der Waals surface area (Å²) in [5.41, 5.74) is -1.82. The molecule has 6 unspecified atom stereocenters. The van der Waals surface area contributed by atoms with Gasteiger partial charge < -0.3 is 47.4 Å². The van der Waals surface area contributed by atoms with Crippen LogP contribution >= 0.6 is 0 Å². The second-order valence-electron chi connectivity index (χ2n) is 12.3. The van der Waals surface area contributed by atoms with Crippen molar-refractivity contribution in [2.75, 3.05) is 35.5 Å². The standard InChI is InChI=1S/C36H34O14/c1-13-10-15-11-16-20(49-36-34(46-7)33(45-6)30(44-5)14(2)48-36)12-17-23(22(16)27(38)21(15)35(41)47-13)28(39)25-29(40)24-18(42-3)8-9-19(43-4)31(24)50-32(25)26(17)37/h8-9,11-14,30,33-34,36,38H,10H2,1-7H3. The minimum atomic E-state index is -1.13. The SMILES string of the molecule is COc1ccc(OC)c2c(=O)c3c(oc12)C(=O)c1cc(OC2OC(C)C(OC)C(OC)C2OC)c2cc4c(c(O)c2c1C3=O)C(=O)OC(C)C4. The number of phenols is 1. The lowest BCUT2D eigenvalue weighted by Crippen LogP contribution is -2.60. The van der Waals surface area contributed by atoms with E-state index in [-0.39, 0.29) is 62.1 Å². The summed E-state index contributed by atoms with van der Waals surface area (Å²) in [6, 6.07) is 5.90. The van der Waals surface area contributed by atoms with Crippen molar-refractivity contribution in [3.63, 3.8) is 0 Å². The number of phenolic OH excluding ortho intramolecular Hbond substituents is 1. The van der Waals surface area contributed by atoms with E-state index < -0.39 is 76.8 Å². The second-order valence-corrected chi connectivity index (χ2v) is 12.3. The van der Waals surface area contributed by atoms with Gasteiger partial charge in [-0.2, -0.15) is 0 Å². The van der Waals surface area contributed by atoms with Crippen LogP contribution in [0.15, 0.2) is 33.5 Å². The molecule has 4 aromatic rings. The first-order chi connectivity index (χ1) is 24.0. The van der Waals surface area contributed by atoms with E-state index >= 15 is 0 Å². The topological polar surface area (TPSA) is 175 Å². The summed E-state index contributed by atoms with van der Waals surface area (Å²) >= 11 is 0. The van der Waals surface area contributed by atoms with Crippen LogP contribution in [0.3, 0.4) is 0 Å². The van der Waals surface area contributed by atoms with E-state index in [1.54, 1.807) is 19.9 Å². The number of ketones is 2. The Morgan fingerprint density at radius 2 is 1.44 bits per heavy atom. The summed E-state index contributed by atoms with van der Waals surface area (Å²) in [5, 5.41) is 11.7. The number of carbonyl (C=O) groups is 3. The van der Waals surface area contributed by atoms with Crippen molar-refractivity contribution in [1.82, 2.24) is 0 Å². The number of benzene rings is 3. The molecular weight excluding hydrogens is 656 g/mol.